The molecule has 1 fully saturated rings. The summed E-state index contributed by atoms with van der Waals surface area (Å²) in [7, 11) is 0. The first-order valence-corrected chi connectivity index (χ1v) is 12.0. The molecular formula is C29H31N3O4. The fourth-order valence-corrected chi connectivity index (χ4v) is 4.10. The van der Waals surface area contributed by atoms with Crippen molar-refractivity contribution in [2.75, 3.05) is 23.4 Å². The predicted molar refractivity (Wildman–Crippen MR) is 140 cm³/mol. The second kappa shape index (κ2) is 11.1. The zero-order chi connectivity index (χ0) is 25.7. The second-order valence-electron chi connectivity index (χ2n) is 9.26. The molecule has 36 heavy (non-hydrogen) atoms. The fourth-order valence-electron chi connectivity index (χ4n) is 4.10. The molecule has 0 bridgehead atoms. The van der Waals surface area contributed by atoms with Crippen LogP contribution in [0.3, 0.4) is 0 Å². The van der Waals surface area contributed by atoms with Gasteiger partial charge in [-0.2, -0.15) is 0 Å². The molecule has 0 unspecified atom stereocenters. The Morgan fingerprint density at radius 3 is 2.36 bits per heavy atom. The van der Waals surface area contributed by atoms with E-state index < -0.39 is 5.92 Å². The molecule has 1 atom stereocenters. The summed E-state index contributed by atoms with van der Waals surface area (Å²) >= 11 is 0. The van der Waals surface area contributed by atoms with Crippen molar-refractivity contribution < 1.29 is 19.1 Å². The average molecular weight is 486 g/mol. The number of benzene rings is 3. The first-order valence-electron chi connectivity index (χ1n) is 12.0. The molecule has 0 aliphatic carbocycles. The van der Waals surface area contributed by atoms with Crippen LogP contribution in [-0.2, 0) is 20.9 Å². The van der Waals surface area contributed by atoms with Crippen LogP contribution in [0.25, 0.3) is 0 Å². The molecule has 0 aromatic heterocycles. The molecule has 0 radical (unpaired) electrons. The zero-order valence-corrected chi connectivity index (χ0v) is 20.8. The van der Waals surface area contributed by atoms with Crippen LogP contribution >= 0.6 is 0 Å². The Bertz CT molecular complexity index is 1250. The van der Waals surface area contributed by atoms with Crippen LogP contribution in [-0.4, -0.2) is 30.9 Å². The number of rotatable bonds is 8. The van der Waals surface area contributed by atoms with Gasteiger partial charge in [-0.15, -0.1) is 0 Å². The maximum atomic E-state index is 12.6. The van der Waals surface area contributed by atoms with Crippen molar-refractivity contribution in [1.29, 1.82) is 0 Å². The molecule has 2 N–H and O–H groups in total. The van der Waals surface area contributed by atoms with Gasteiger partial charge in [0, 0.05) is 30.9 Å². The summed E-state index contributed by atoms with van der Waals surface area (Å²) in [5.74, 6) is -0.336. The third-order valence-electron chi connectivity index (χ3n) is 6.27. The van der Waals surface area contributed by atoms with E-state index >= 15 is 0 Å². The second-order valence-corrected chi connectivity index (χ2v) is 9.26. The highest BCUT2D eigenvalue weighted by molar-refractivity contribution is 6.00. The standard InChI is InChI=1S/C29H31N3O4/c1-19-5-8-22(9-6-19)16-30-29(35)23-15-28(34)32(17-23)24-10-12-25(13-11-24)36-18-27(33)31-26-14-20(2)4-7-21(26)3/h4-14,23H,15-18H2,1-3H3,(H,30,35)(H,31,33)/t23-/m1/s1. The summed E-state index contributed by atoms with van der Waals surface area (Å²) in [5.41, 5.74) is 5.70. The molecule has 1 aliphatic heterocycles. The number of aryl methyl sites for hydroxylation is 3. The van der Waals surface area contributed by atoms with Crippen molar-refractivity contribution in [2.24, 2.45) is 5.92 Å². The lowest BCUT2D eigenvalue weighted by Gasteiger charge is -2.17. The van der Waals surface area contributed by atoms with Crippen LogP contribution in [0.4, 0.5) is 11.4 Å². The summed E-state index contributed by atoms with van der Waals surface area (Å²) in [5, 5.41) is 5.80. The highest BCUT2D eigenvalue weighted by atomic mass is 16.5. The van der Waals surface area contributed by atoms with Gasteiger partial charge in [0.1, 0.15) is 5.75 Å². The van der Waals surface area contributed by atoms with Crippen molar-refractivity contribution in [1.82, 2.24) is 5.32 Å². The van der Waals surface area contributed by atoms with Crippen LogP contribution in [0.5, 0.6) is 5.75 Å². The summed E-state index contributed by atoms with van der Waals surface area (Å²) in [6.07, 6.45) is 0.177. The van der Waals surface area contributed by atoms with E-state index in [1.54, 1.807) is 29.2 Å². The molecule has 4 rings (SSSR count). The molecule has 3 amide bonds. The van der Waals surface area contributed by atoms with Crippen LogP contribution in [0.2, 0.25) is 0 Å². The van der Waals surface area contributed by atoms with Crippen molar-refractivity contribution in [3.63, 3.8) is 0 Å². The lowest BCUT2D eigenvalue weighted by atomic mass is 10.1. The van der Waals surface area contributed by atoms with Gasteiger partial charge in [0.05, 0.1) is 5.92 Å². The highest BCUT2D eigenvalue weighted by Gasteiger charge is 2.35. The Labute approximate surface area is 211 Å². The van der Waals surface area contributed by atoms with E-state index in [1.165, 1.54) is 5.56 Å². The quantitative estimate of drug-likeness (QED) is 0.498. The van der Waals surface area contributed by atoms with Gasteiger partial charge >= 0.3 is 0 Å². The molecule has 1 heterocycles. The SMILES string of the molecule is Cc1ccc(CNC(=O)[C@@H]2CC(=O)N(c3ccc(OCC(=O)Nc4cc(C)ccc4C)cc3)C2)cc1. The monoisotopic (exact) mass is 485 g/mol. The predicted octanol–water partition coefficient (Wildman–Crippen LogP) is 4.30. The number of nitrogens with one attached hydrogen (secondary N) is 2. The Kier molecular flexibility index (Phi) is 7.68. The summed E-state index contributed by atoms with van der Waals surface area (Å²) in [6.45, 7) is 6.57. The van der Waals surface area contributed by atoms with E-state index in [2.05, 4.69) is 10.6 Å². The topological polar surface area (TPSA) is 87.7 Å². The van der Waals surface area contributed by atoms with E-state index in [-0.39, 0.29) is 30.7 Å². The van der Waals surface area contributed by atoms with E-state index in [0.29, 0.717) is 24.5 Å². The van der Waals surface area contributed by atoms with Gasteiger partial charge in [0.15, 0.2) is 6.61 Å². The smallest absolute Gasteiger partial charge is 0.262 e. The highest BCUT2D eigenvalue weighted by Crippen LogP contribution is 2.27. The van der Waals surface area contributed by atoms with Crippen LogP contribution in [0, 0.1) is 26.7 Å². The normalized spacial score (nSPS) is 15.0. The zero-order valence-electron chi connectivity index (χ0n) is 20.8. The number of hydrogen-bond donors (Lipinski definition) is 2. The molecule has 3 aromatic rings. The molecule has 0 spiro atoms. The minimum Gasteiger partial charge on any atom is -0.484 e. The molecule has 186 valence electrons. The lowest BCUT2D eigenvalue weighted by Crippen LogP contribution is -2.32. The number of hydrogen-bond acceptors (Lipinski definition) is 4. The molecule has 7 nitrogen and oxygen atoms in total. The molecule has 1 saturated heterocycles. The van der Waals surface area contributed by atoms with Crippen molar-refractivity contribution in [3.8, 4) is 5.75 Å². The van der Waals surface area contributed by atoms with Gasteiger partial charge in [0.25, 0.3) is 5.91 Å². The van der Waals surface area contributed by atoms with Gasteiger partial charge in [-0.25, -0.2) is 0 Å². The van der Waals surface area contributed by atoms with Gasteiger partial charge in [-0.05, 0) is 67.8 Å². The van der Waals surface area contributed by atoms with E-state index in [0.717, 1.165) is 22.4 Å². The Morgan fingerprint density at radius 1 is 0.944 bits per heavy atom. The first-order chi connectivity index (χ1) is 17.3. The molecular weight excluding hydrogens is 454 g/mol. The van der Waals surface area contributed by atoms with Gasteiger partial charge < -0.3 is 20.3 Å². The molecule has 7 heteroatoms. The Morgan fingerprint density at radius 2 is 1.64 bits per heavy atom. The third kappa shape index (κ3) is 6.30. The third-order valence-corrected chi connectivity index (χ3v) is 6.27. The lowest BCUT2D eigenvalue weighted by molar-refractivity contribution is -0.126. The number of nitrogens with zero attached hydrogens (tertiary/aromatic N) is 1. The first kappa shape index (κ1) is 25.0. The Balaban J connectivity index is 1.27. The largest absolute Gasteiger partial charge is 0.484 e. The maximum absolute atomic E-state index is 12.6. The van der Waals surface area contributed by atoms with Crippen LogP contribution < -0.4 is 20.3 Å². The van der Waals surface area contributed by atoms with Crippen molar-refractivity contribution in [3.05, 3.63) is 89.0 Å². The average Bonchev–Trinajstić information content (AvgIpc) is 3.26. The van der Waals surface area contributed by atoms with Crippen LogP contribution in [0.15, 0.2) is 66.7 Å². The number of anilines is 2. The summed E-state index contributed by atoms with van der Waals surface area (Å²) in [4.78, 5) is 39.1. The summed E-state index contributed by atoms with van der Waals surface area (Å²) < 4.78 is 5.62. The Hall–Kier alpha value is -4.13. The number of carbonyl (C=O) groups excluding carboxylic acids is 3. The molecule has 3 aromatic carbocycles. The van der Waals surface area contributed by atoms with E-state index in [9.17, 15) is 14.4 Å². The van der Waals surface area contributed by atoms with Gasteiger partial charge in [-0.1, -0.05) is 42.0 Å². The van der Waals surface area contributed by atoms with E-state index in [4.69, 9.17) is 4.74 Å². The summed E-state index contributed by atoms with van der Waals surface area (Å²) in [6, 6.07) is 20.8. The molecule has 0 saturated carbocycles. The maximum Gasteiger partial charge on any atom is 0.262 e. The van der Waals surface area contributed by atoms with Gasteiger partial charge in [0.2, 0.25) is 11.8 Å². The number of ether oxygens (including phenoxy) is 1. The van der Waals surface area contributed by atoms with E-state index in [1.807, 2.05) is 63.2 Å². The fraction of sp³-hybridized carbons (Fsp3) is 0.276. The number of amides is 3. The van der Waals surface area contributed by atoms with Gasteiger partial charge in [-0.3, -0.25) is 14.4 Å². The van der Waals surface area contributed by atoms with Crippen molar-refractivity contribution >= 4 is 29.1 Å². The van der Waals surface area contributed by atoms with Crippen molar-refractivity contribution in [2.45, 2.75) is 33.7 Å². The number of carbonyl (C=O) groups is 3. The molecule has 1 aliphatic rings. The minimum absolute atomic E-state index is 0.0907. The van der Waals surface area contributed by atoms with Crippen LogP contribution in [0.1, 0.15) is 28.7 Å². The minimum atomic E-state index is -0.396.